The SMILES string of the molecule is CCCCCCC(C)(C(=O)O)c1ccccc1.[CaH2]. The van der Waals surface area contributed by atoms with Gasteiger partial charge >= 0.3 is 43.7 Å². The Kier molecular flexibility index (Phi) is 8.92. The Balaban J connectivity index is 0.00000289. The molecule has 0 bridgehead atoms. The second-order valence-corrected chi connectivity index (χ2v) is 4.81. The van der Waals surface area contributed by atoms with Crippen LogP contribution in [0.1, 0.15) is 51.5 Å². The number of benzene rings is 1. The number of aliphatic carboxylic acids is 1. The van der Waals surface area contributed by atoms with E-state index in [4.69, 9.17) is 0 Å². The molecule has 1 rings (SSSR count). The molecule has 1 atom stereocenters. The van der Waals surface area contributed by atoms with E-state index in [1.54, 1.807) is 0 Å². The fraction of sp³-hybridized carbons (Fsp3) is 0.533. The van der Waals surface area contributed by atoms with Gasteiger partial charge in [-0.05, 0) is 18.9 Å². The first-order valence-electron chi connectivity index (χ1n) is 6.40. The molecule has 1 N–H and O–H groups in total. The molecule has 0 aromatic heterocycles. The Morgan fingerprint density at radius 2 is 1.78 bits per heavy atom. The molecule has 3 heteroatoms. The number of hydrogen-bond donors (Lipinski definition) is 1. The molecule has 1 aromatic carbocycles. The van der Waals surface area contributed by atoms with Gasteiger partial charge in [-0.2, -0.15) is 0 Å². The van der Waals surface area contributed by atoms with Gasteiger partial charge in [-0.1, -0.05) is 62.9 Å². The summed E-state index contributed by atoms with van der Waals surface area (Å²) in [6, 6.07) is 9.55. The molecule has 0 saturated heterocycles. The second-order valence-electron chi connectivity index (χ2n) is 4.81. The van der Waals surface area contributed by atoms with Crippen molar-refractivity contribution in [3.63, 3.8) is 0 Å². The molecular weight excluding hydrogens is 252 g/mol. The molecule has 1 unspecified atom stereocenters. The number of carboxylic acids is 1. The predicted molar refractivity (Wildman–Crippen MR) is 78.7 cm³/mol. The number of carboxylic acid groups (broad SMARTS) is 1. The monoisotopic (exact) mass is 276 g/mol. The van der Waals surface area contributed by atoms with Crippen molar-refractivity contribution >= 4 is 43.7 Å². The van der Waals surface area contributed by atoms with Crippen LogP contribution in [-0.2, 0) is 10.2 Å². The number of hydrogen-bond acceptors (Lipinski definition) is 1. The fourth-order valence-electron chi connectivity index (χ4n) is 2.09. The van der Waals surface area contributed by atoms with Gasteiger partial charge in [0, 0.05) is 0 Å². The van der Waals surface area contributed by atoms with E-state index in [0.717, 1.165) is 18.4 Å². The van der Waals surface area contributed by atoms with Crippen LogP contribution in [0, 0.1) is 0 Å². The van der Waals surface area contributed by atoms with Crippen molar-refractivity contribution in [3.8, 4) is 0 Å². The average Bonchev–Trinajstić information content (AvgIpc) is 2.35. The first kappa shape index (κ1) is 17.9. The summed E-state index contributed by atoms with van der Waals surface area (Å²) in [5.74, 6) is -0.722. The molecule has 0 fully saturated rings. The minimum absolute atomic E-state index is 0. The molecule has 0 heterocycles. The van der Waals surface area contributed by atoms with Crippen molar-refractivity contribution in [2.75, 3.05) is 0 Å². The summed E-state index contributed by atoms with van der Waals surface area (Å²) in [5, 5.41) is 9.44. The van der Waals surface area contributed by atoms with Crippen molar-refractivity contribution < 1.29 is 9.90 Å². The van der Waals surface area contributed by atoms with Gasteiger partial charge < -0.3 is 5.11 Å². The van der Waals surface area contributed by atoms with Gasteiger partial charge in [0.05, 0.1) is 5.41 Å². The summed E-state index contributed by atoms with van der Waals surface area (Å²) >= 11 is 0. The first-order valence-corrected chi connectivity index (χ1v) is 6.40. The van der Waals surface area contributed by atoms with E-state index in [0.29, 0.717) is 6.42 Å². The zero-order valence-corrected chi connectivity index (χ0v) is 10.8. The average molecular weight is 276 g/mol. The van der Waals surface area contributed by atoms with Crippen LogP contribution in [0.25, 0.3) is 0 Å². The van der Waals surface area contributed by atoms with E-state index in [2.05, 4.69) is 6.92 Å². The predicted octanol–water partition coefficient (Wildman–Crippen LogP) is 3.08. The topological polar surface area (TPSA) is 37.3 Å². The Morgan fingerprint density at radius 1 is 1.17 bits per heavy atom. The van der Waals surface area contributed by atoms with Gasteiger partial charge in [-0.15, -0.1) is 0 Å². The molecule has 0 aliphatic carbocycles. The zero-order chi connectivity index (χ0) is 12.7. The van der Waals surface area contributed by atoms with Gasteiger partial charge in [-0.3, -0.25) is 4.79 Å². The zero-order valence-electron chi connectivity index (χ0n) is 10.8. The maximum atomic E-state index is 11.5. The normalized spacial score (nSPS) is 13.4. The van der Waals surface area contributed by atoms with Gasteiger partial charge in [0.15, 0.2) is 0 Å². The van der Waals surface area contributed by atoms with E-state index in [1.165, 1.54) is 12.8 Å². The quantitative estimate of drug-likeness (QED) is 0.614. The molecule has 0 spiro atoms. The third-order valence-corrected chi connectivity index (χ3v) is 3.41. The fourth-order valence-corrected chi connectivity index (χ4v) is 2.09. The third-order valence-electron chi connectivity index (χ3n) is 3.41. The van der Waals surface area contributed by atoms with Crippen molar-refractivity contribution in [3.05, 3.63) is 35.9 Å². The first-order chi connectivity index (χ1) is 8.11. The van der Waals surface area contributed by atoms with Crippen LogP contribution < -0.4 is 0 Å². The van der Waals surface area contributed by atoms with Crippen LogP contribution in [0.2, 0.25) is 0 Å². The molecular formula is C15H24CaO2. The van der Waals surface area contributed by atoms with Crippen LogP contribution in [-0.4, -0.2) is 48.8 Å². The summed E-state index contributed by atoms with van der Waals surface area (Å²) in [7, 11) is 0. The molecule has 0 radical (unpaired) electrons. The van der Waals surface area contributed by atoms with Crippen LogP contribution in [0.5, 0.6) is 0 Å². The van der Waals surface area contributed by atoms with Crippen LogP contribution in [0.4, 0.5) is 0 Å². The standard InChI is InChI=1S/C15H22O2.Ca.2H/c1-3-4-5-9-12-15(2,14(16)17)13-10-7-6-8-11-13;;;/h6-8,10-11H,3-5,9,12H2,1-2H3,(H,16,17);;;. The Morgan fingerprint density at radius 3 is 2.28 bits per heavy atom. The van der Waals surface area contributed by atoms with Gasteiger partial charge in [0.1, 0.15) is 0 Å². The van der Waals surface area contributed by atoms with Gasteiger partial charge in [0.2, 0.25) is 0 Å². The summed E-state index contributed by atoms with van der Waals surface area (Å²) in [4.78, 5) is 11.5. The summed E-state index contributed by atoms with van der Waals surface area (Å²) in [6.45, 7) is 3.99. The summed E-state index contributed by atoms with van der Waals surface area (Å²) < 4.78 is 0. The Labute approximate surface area is 140 Å². The van der Waals surface area contributed by atoms with Crippen molar-refractivity contribution in [1.82, 2.24) is 0 Å². The number of rotatable bonds is 7. The van der Waals surface area contributed by atoms with Crippen molar-refractivity contribution in [2.45, 2.75) is 51.4 Å². The van der Waals surface area contributed by atoms with Crippen LogP contribution in [0.3, 0.4) is 0 Å². The molecule has 1 aromatic rings. The molecule has 0 aliphatic heterocycles. The third kappa shape index (κ3) is 4.91. The van der Waals surface area contributed by atoms with E-state index in [9.17, 15) is 9.90 Å². The Bertz CT molecular complexity index is 351. The molecule has 0 amide bonds. The summed E-state index contributed by atoms with van der Waals surface area (Å²) in [6.07, 6.45) is 5.17. The molecule has 0 aliphatic rings. The second kappa shape index (κ2) is 8.95. The van der Waals surface area contributed by atoms with Gasteiger partial charge in [0.25, 0.3) is 0 Å². The molecule has 18 heavy (non-hydrogen) atoms. The number of carbonyl (C=O) groups is 1. The van der Waals surface area contributed by atoms with Crippen molar-refractivity contribution in [2.24, 2.45) is 0 Å². The van der Waals surface area contributed by atoms with E-state index in [1.807, 2.05) is 37.3 Å². The Hall–Kier alpha value is -0.0503. The van der Waals surface area contributed by atoms with Crippen molar-refractivity contribution in [1.29, 1.82) is 0 Å². The van der Waals surface area contributed by atoms with E-state index < -0.39 is 11.4 Å². The minimum atomic E-state index is -0.741. The molecule has 2 nitrogen and oxygen atoms in total. The number of unbranched alkanes of at least 4 members (excludes halogenated alkanes) is 3. The van der Waals surface area contributed by atoms with E-state index >= 15 is 0 Å². The molecule has 98 valence electrons. The molecule has 0 saturated carbocycles. The van der Waals surface area contributed by atoms with E-state index in [-0.39, 0.29) is 37.7 Å². The summed E-state index contributed by atoms with van der Waals surface area (Å²) in [5.41, 5.74) is 0.165. The van der Waals surface area contributed by atoms with Crippen LogP contribution in [0.15, 0.2) is 30.3 Å². The van der Waals surface area contributed by atoms with Gasteiger partial charge in [-0.25, -0.2) is 0 Å². The van der Waals surface area contributed by atoms with Crippen LogP contribution >= 0.6 is 0 Å². The maximum absolute atomic E-state index is 11.5.